The fourth-order valence-corrected chi connectivity index (χ4v) is 1.78. The molecule has 1 rings (SSSR count). The number of hydrogen-bond donors (Lipinski definition) is 1. The lowest BCUT2D eigenvalue weighted by Crippen LogP contribution is -2.27. The topological polar surface area (TPSA) is 55.4 Å². The number of likely N-dealkylation sites (N-methyl/N-ethyl adjacent to an activating group) is 1. The van der Waals surface area contributed by atoms with Gasteiger partial charge in [-0.3, -0.25) is 4.79 Å². The van der Waals surface area contributed by atoms with Crippen molar-refractivity contribution in [2.75, 3.05) is 13.7 Å². The molecule has 0 unspecified atom stereocenters. The van der Waals surface area contributed by atoms with Crippen molar-refractivity contribution in [3.05, 3.63) is 47.0 Å². The summed E-state index contributed by atoms with van der Waals surface area (Å²) in [5.74, 6) is 1.27. The van der Waals surface area contributed by atoms with Gasteiger partial charge in [0.25, 0.3) is 5.91 Å². The van der Waals surface area contributed by atoms with Crippen molar-refractivity contribution in [2.45, 2.75) is 27.2 Å². The Hall–Kier alpha value is -2.54. The number of terminal acetylenes is 1. The number of carbonyl (C=O) groups is 2. The number of rotatable bonds is 5. The molecule has 1 aromatic rings. The summed E-state index contributed by atoms with van der Waals surface area (Å²) in [6.45, 7) is 5.39. The Morgan fingerprint density at radius 2 is 1.82 bits per heavy atom. The zero-order chi connectivity index (χ0) is 17.0. The van der Waals surface area contributed by atoms with E-state index in [0.29, 0.717) is 12.0 Å². The van der Waals surface area contributed by atoms with Gasteiger partial charge in [-0.1, -0.05) is 30.3 Å². The van der Waals surface area contributed by atoms with E-state index in [0.717, 1.165) is 5.56 Å². The maximum Gasteiger partial charge on any atom is 0.343 e. The lowest BCUT2D eigenvalue weighted by Gasteiger charge is -2.10. The number of esters is 1. The monoisotopic (exact) mass is 301 g/mol. The molecule has 118 valence electrons. The van der Waals surface area contributed by atoms with Crippen LogP contribution in [0.4, 0.5) is 0 Å². The fourth-order valence-electron chi connectivity index (χ4n) is 1.78. The van der Waals surface area contributed by atoms with E-state index in [1.807, 2.05) is 30.3 Å². The van der Waals surface area contributed by atoms with Crippen LogP contribution in [0, 0.1) is 12.3 Å². The number of amides is 1. The van der Waals surface area contributed by atoms with Crippen LogP contribution in [0.25, 0.3) is 0 Å². The summed E-state index contributed by atoms with van der Waals surface area (Å²) in [4.78, 5) is 23.6. The maximum absolute atomic E-state index is 11.8. The Kier molecular flexibility index (Phi) is 9.87. The van der Waals surface area contributed by atoms with Gasteiger partial charge in [0.15, 0.2) is 0 Å². The average Bonchev–Trinajstić information content (AvgIpc) is 2.49. The van der Waals surface area contributed by atoms with E-state index in [1.165, 1.54) is 7.05 Å². The Balaban J connectivity index is 0.00000135. The second-order valence-corrected chi connectivity index (χ2v) is 4.41. The number of carbonyl (C=O) groups excluding carboxylic acids is 2. The van der Waals surface area contributed by atoms with Crippen molar-refractivity contribution >= 4 is 11.9 Å². The van der Waals surface area contributed by atoms with Crippen LogP contribution in [0.5, 0.6) is 0 Å². The number of allylic oxidation sites excluding steroid dienone is 1. The SMILES string of the molecule is C#CC.CCOC(=O)/C(C(=O)NC)=C(/C)Cc1ccccc1. The van der Waals surface area contributed by atoms with Gasteiger partial charge >= 0.3 is 5.97 Å². The van der Waals surface area contributed by atoms with E-state index in [-0.39, 0.29) is 12.2 Å². The van der Waals surface area contributed by atoms with Crippen molar-refractivity contribution < 1.29 is 14.3 Å². The van der Waals surface area contributed by atoms with Gasteiger partial charge in [0.05, 0.1) is 6.61 Å². The zero-order valence-electron chi connectivity index (χ0n) is 13.6. The maximum atomic E-state index is 11.8. The highest BCUT2D eigenvalue weighted by Crippen LogP contribution is 2.13. The summed E-state index contributed by atoms with van der Waals surface area (Å²) < 4.78 is 4.93. The molecule has 0 fully saturated rings. The van der Waals surface area contributed by atoms with Gasteiger partial charge in [0.1, 0.15) is 5.57 Å². The van der Waals surface area contributed by atoms with Crippen LogP contribution in [0.1, 0.15) is 26.3 Å². The molecule has 0 bridgehead atoms. The molecule has 0 radical (unpaired) electrons. The van der Waals surface area contributed by atoms with Crippen LogP contribution < -0.4 is 5.32 Å². The van der Waals surface area contributed by atoms with E-state index in [2.05, 4.69) is 17.7 Å². The highest BCUT2D eigenvalue weighted by molar-refractivity contribution is 6.16. The van der Waals surface area contributed by atoms with Crippen LogP contribution in [-0.4, -0.2) is 25.5 Å². The number of hydrogen-bond acceptors (Lipinski definition) is 3. The molecule has 0 aliphatic carbocycles. The molecule has 1 aromatic carbocycles. The van der Waals surface area contributed by atoms with Crippen LogP contribution in [0.15, 0.2) is 41.5 Å². The lowest BCUT2D eigenvalue weighted by atomic mass is 10.0. The molecule has 0 saturated heterocycles. The van der Waals surface area contributed by atoms with E-state index in [4.69, 9.17) is 4.74 Å². The van der Waals surface area contributed by atoms with Crippen LogP contribution in [-0.2, 0) is 20.7 Å². The molecule has 0 atom stereocenters. The minimum absolute atomic E-state index is 0.0909. The predicted octanol–water partition coefficient (Wildman–Crippen LogP) is 2.49. The van der Waals surface area contributed by atoms with Gasteiger partial charge in [-0.25, -0.2) is 4.79 Å². The van der Waals surface area contributed by atoms with Gasteiger partial charge < -0.3 is 10.1 Å². The van der Waals surface area contributed by atoms with Crippen molar-refractivity contribution in [1.29, 1.82) is 0 Å². The largest absolute Gasteiger partial charge is 0.462 e. The third-order valence-electron chi connectivity index (χ3n) is 2.67. The van der Waals surface area contributed by atoms with Crippen LogP contribution in [0.2, 0.25) is 0 Å². The highest BCUT2D eigenvalue weighted by atomic mass is 16.5. The average molecular weight is 301 g/mol. The van der Waals surface area contributed by atoms with E-state index in [1.54, 1.807) is 20.8 Å². The van der Waals surface area contributed by atoms with Crippen LogP contribution in [0.3, 0.4) is 0 Å². The van der Waals surface area contributed by atoms with Gasteiger partial charge in [0.2, 0.25) is 0 Å². The van der Waals surface area contributed by atoms with Crippen molar-refractivity contribution in [2.24, 2.45) is 0 Å². The first-order valence-electron chi connectivity index (χ1n) is 7.01. The minimum atomic E-state index is -0.574. The molecule has 1 N–H and O–H groups in total. The Morgan fingerprint density at radius 3 is 2.27 bits per heavy atom. The van der Waals surface area contributed by atoms with Crippen molar-refractivity contribution in [3.63, 3.8) is 0 Å². The van der Waals surface area contributed by atoms with E-state index < -0.39 is 11.9 Å². The second kappa shape index (κ2) is 11.2. The first-order valence-corrected chi connectivity index (χ1v) is 7.01. The molecule has 4 heteroatoms. The van der Waals surface area contributed by atoms with Gasteiger partial charge in [-0.2, -0.15) is 0 Å². The quantitative estimate of drug-likeness (QED) is 0.299. The summed E-state index contributed by atoms with van der Waals surface area (Å²) in [5.41, 5.74) is 1.84. The number of ether oxygens (including phenoxy) is 1. The minimum Gasteiger partial charge on any atom is -0.462 e. The molecule has 0 aliphatic heterocycles. The predicted molar refractivity (Wildman–Crippen MR) is 88.1 cm³/mol. The lowest BCUT2D eigenvalue weighted by molar-refractivity contribution is -0.140. The van der Waals surface area contributed by atoms with E-state index in [9.17, 15) is 9.59 Å². The van der Waals surface area contributed by atoms with Gasteiger partial charge in [0, 0.05) is 7.05 Å². The zero-order valence-corrected chi connectivity index (χ0v) is 13.6. The molecule has 0 aliphatic rings. The van der Waals surface area contributed by atoms with Crippen LogP contribution >= 0.6 is 0 Å². The third kappa shape index (κ3) is 6.76. The third-order valence-corrected chi connectivity index (χ3v) is 2.67. The fraction of sp³-hybridized carbons (Fsp3) is 0.333. The van der Waals surface area contributed by atoms with Crippen molar-refractivity contribution in [1.82, 2.24) is 5.32 Å². The Morgan fingerprint density at radius 1 is 1.27 bits per heavy atom. The first kappa shape index (κ1) is 19.5. The molecule has 4 nitrogen and oxygen atoms in total. The second-order valence-electron chi connectivity index (χ2n) is 4.41. The van der Waals surface area contributed by atoms with Gasteiger partial charge in [-0.05, 0) is 38.3 Å². The molecule has 0 heterocycles. The molecule has 22 heavy (non-hydrogen) atoms. The van der Waals surface area contributed by atoms with Crippen molar-refractivity contribution in [3.8, 4) is 12.3 Å². The highest BCUT2D eigenvalue weighted by Gasteiger charge is 2.21. The van der Waals surface area contributed by atoms with E-state index >= 15 is 0 Å². The number of nitrogens with one attached hydrogen (secondary N) is 1. The standard InChI is InChI=1S/C15H19NO3.C3H4/c1-4-19-15(18)13(14(17)16-3)11(2)10-12-8-6-5-7-9-12;1-3-2/h5-9H,4,10H2,1-3H3,(H,16,17);1H,2H3/b13-11-;. The molecular formula is C18H23NO3. The molecule has 0 aromatic heterocycles. The smallest absolute Gasteiger partial charge is 0.343 e. The summed E-state index contributed by atoms with van der Waals surface area (Å²) in [6, 6.07) is 9.68. The molecule has 0 spiro atoms. The molecule has 0 saturated carbocycles. The molecule has 1 amide bonds. The van der Waals surface area contributed by atoms with Gasteiger partial charge in [-0.15, -0.1) is 12.3 Å². The molecular weight excluding hydrogens is 278 g/mol. The number of benzene rings is 1. The Labute approximate surface area is 132 Å². The summed E-state index contributed by atoms with van der Waals surface area (Å²) in [6.07, 6.45) is 5.14. The normalized spacial score (nSPS) is 10.3. The summed E-state index contributed by atoms with van der Waals surface area (Å²) >= 11 is 0. The summed E-state index contributed by atoms with van der Waals surface area (Å²) in [7, 11) is 1.50. The summed E-state index contributed by atoms with van der Waals surface area (Å²) in [5, 5.41) is 2.47. The Bertz CT molecular complexity index is 553. The first-order chi connectivity index (χ1) is 10.5.